The average Bonchev–Trinajstić information content (AvgIpc) is 3.41. The number of carbonyl (C=O) groups excluding carboxylic acids is 2. The summed E-state index contributed by atoms with van der Waals surface area (Å²) in [6.45, 7) is 1.74. The van der Waals surface area contributed by atoms with Gasteiger partial charge in [-0.25, -0.2) is 5.01 Å². The molecule has 1 aliphatic heterocycles. The smallest absolute Gasteiger partial charge is 0.198 e. The van der Waals surface area contributed by atoms with E-state index in [2.05, 4.69) is 0 Å². The van der Waals surface area contributed by atoms with Gasteiger partial charge in [-0.15, -0.1) is 5.10 Å². The molecule has 4 aromatic carbocycles. The van der Waals surface area contributed by atoms with Gasteiger partial charge in [0.25, 0.3) is 0 Å². The van der Waals surface area contributed by atoms with Gasteiger partial charge >= 0.3 is 0 Å². The van der Waals surface area contributed by atoms with E-state index < -0.39 is 6.17 Å². The van der Waals surface area contributed by atoms with E-state index in [9.17, 15) is 9.59 Å². The first kappa shape index (κ1) is 27.5. The van der Waals surface area contributed by atoms with Crippen molar-refractivity contribution in [3.8, 4) is 11.5 Å². The summed E-state index contributed by atoms with van der Waals surface area (Å²) in [7, 11) is 5.56. The van der Waals surface area contributed by atoms with Crippen LogP contribution >= 0.6 is 0 Å². The Morgan fingerprint density at radius 3 is 2.32 bits per heavy atom. The van der Waals surface area contributed by atoms with Crippen LogP contribution in [0.1, 0.15) is 34.6 Å². The summed E-state index contributed by atoms with van der Waals surface area (Å²) in [5.74, 6) is 1.21. The summed E-state index contributed by atoms with van der Waals surface area (Å²) in [4.78, 5) is 28.3. The summed E-state index contributed by atoms with van der Waals surface area (Å²) in [5.41, 5.74) is 4.83. The van der Waals surface area contributed by atoms with Crippen molar-refractivity contribution >= 4 is 35.0 Å². The molecule has 0 saturated heterocycles. The van der Waals surface area contributed by atoms with E-state index in [1.165, 1.54) is 6.92 Å². The lowest BCUT2D eigenvalue weighted by Gasteiger charge is -2.33. The van der Waals surface area contributed by atoms with Gasteiger partial charge in [-0.1, -0.05) is 48.5 Å². The van der Waals surface area contributed by atoms with Gasteiger partial charge in [0.15, 0.2) is 29.3 Å². The Balaban J connectivity index is 1.65. The number of nitrogens with zero attached hydrogens (tertiary/aromatic N) is 4. The maximum atomic E-state index is 13.0. The number of methoxy groups -OCH3 is 1. The lowest BCUT2D eigenvalue weighted by Crippen LogP contribution is -2.38. The number of ether oxygens (including phenoxy) is 2. The van der Waals surface area contributed by atoms with Gasteiger partial charge in [0, 0.05) is 43.5 Å². The molecule has 208 valence electrons. The Morgan fingerprint density at radius 1 is 0.927 bits per heavy atom. The summed E-state index contributed by atoms with van der Waals surface area (Å²) >= 11 is 0. The number of Topliss-reactive ketones (excluding diaryl/α,β-unsaturated/α-hetero) is 1. The minimum Gasteiger partial charge on any atom is -0.493 e. The summed E-state index contributed by atoms with van der Waals surface area (Å²) in [6, 6.07) is 30.7. The molecule has 1 unspecified atom stereocenters. The highest BCUT2D eigenvalue weighted by Crippen LogP contribution is 2.45. The lowest BCUT2D eigenvalue weighted by atomic mass is 10.1. The number of para-hydroxylation sites is 2. The molecule has 0 amide bonds. The molecule has 0 fully saturated rings. The maximum Gasteiger partial charge on any atom is 0.198 e. The molecular formula is C33H32N4O4. The Labute approximate surface area is 240 Å². The van der Waals surface area contributed by atoms with Gasteiger partial charge in [0.05, 0.1) is 12.8 Å². The van der Waals surface area contributed by atoms with Crippen molar-refractivity contribution in [2.24, 2.45) is 5.10 Å². The summed E-state index contributed by atoms with van der Waals surface area (Å²) in [6.07, 6.45) is 0.252. The number of carbonyl (C=O) groups is 2. The number of hydrazone groups is 1. The van der Waals surface area contributed by atoms with Crippen LogP contribution < -0.4 is 24.3 Å². The first-order valence-corrected chi connectivity index (χ1v) is 13.3. The number of amidine groups is 1. The fourth-order valence-electron chi connectivity index (χ4n) is 4.86. The molecule has 0 aliphatic carbocycles. The van der Waals surface area contributed by atoms with Gasteiger partial charge < -0.3 is 14.4 Å². The monoisotopic (exact) mass is 548 g/mol. The van der Waals surface area contributed by atoms with E-state index in [-0.39, 0.29) is 12.4 Å². The molecule has 0 bridgehead atoms. The van der Waals surface area contributed by atoms with Crippen molar-refractivity contribution in [1.29, 1.82) is 0 Å². The van der Waals surface area contributed by atoms with E-state index in [1.807, 2.05) is 114 Å². The molecule has 8 nitrogen and oxygen atoms in total. The second-order valence-electron chi connectivity index (χ2n) is 9.84. The maximum absolute atomic E-state index is 13.0. The Hall–Kier alpha value is -5.11. The number of benzene rings is 4. The minimum absolute atomic E-state index is 0.166. The highest BCUT2D eigenvalue weighted by molar-refractivity contribution is 6.44. The van der Waals surface area contributed by atoms with Crippen molar-refractivity contribution < 1.29 is 19.1 Å². The zero-order chi connectivity index (χ0) is 28.9. The van der Waals surface area contributed by atoms with Crippen molar-refractivity contribution in [3.63, 3.8) is 0 Å². The SMILES string of the molecule is COc1cccc(C2N(c3ccccc3)N=C(C(C)=O)N2c2ccc(N(C)C)cc2)c1OCc1cccc(C=O)c1. The Morgan fingerprint density at radius 2 is 1.66 bits per heavy atom. The van der Waals surface area contributed by atoms with Crippen LogP contribution in [0.15, 0.2) is 102 Å². The predicted octanol–water partition coefficient (Wildman–Crippen LogP) is 6.08. The second kappa shape index (κ2) is 12.0. The van der Waals surface area contributed by atoms with Gasteiger partial charge in [-0.3, -0.25) is 14.5 Å². The number of hydrogen-bond acceptors (Lipinski definition) is 8. The molecule has 1 atom stereocenters. The molecule has 41 heavy (non-hydrogen) atoms. The van der Waals surface area contributed by atoms with E-state index >= 15 is 0 Å². The largest absolute Gasteiger partial charge is 0.493 e. The highest BCUT2D eigenvalue weighted by Gasteiger charge is 2.41. The molecule has 0 N–H and O–H groups in total. The number of ketones is 1. The second-order valence-corrected chi connectivity index (χ2v) is 9.84. The van der Waals surface area contributed by atoms with Crippen LogP contribution in [-0.4, -0.2) is 39.1 Å². The van der Waals surface area contributed by atoms with Crippen LogP contribution in [-0.2, 0) is 11.4 Å². The quantitative estimate of drug-likeness (QED) is 0.222. The molecule has 5 rings (SSSR count). The van der Waals surface area contributed by atoms with Crippen molar-refractivity contribution in [1.82, 2.24) is 0 Å². The summed E-state index contributed by atoms with van der Waals surface area (Å²) in [5, 5.41) is 6.69. The van der Waals surface area contributed by atoms with Crippen molar-refractivity contribution in [3.05, 3.63) is 114 Å². The standard InChI is InChI=1S/C33H32N4O4/c1-23(39)32-34-37(28-12-6-5-7-13-28)33(36(32)27-18-16-26(17-19-27)35(2)3)29-14-9-15-30(40-4)31(29)41-22-25-11-8-10-24(20-25)21-38/h5-21,33H,22H2,1-4H3. The third kappa shape index (κ3) is 5.63. The minimum atomic E-state index is -0.562. The normalized spacial score (nSPS) is 14.4. The van der Waals surface area contributed by atoms with Crippen molar-refractivity contribution in [2.45, 2.75) is 19.7 Å². The third-order valence-electron chi connectivity index (χ3n) is 6.86. The van der Waals surface area contributed by atoms with Crippen molar-refractivity contribution in [2.75, 3.05) is 36.0 Å². The van der Waals surface area contributed by atoms with Gasteiger partial charge in [-0.05, 0) is 54.1 Å². The Kier molecular flexibility index (Phi) is 8.01. The fraction of sp³-hybridized carbons (Fsp3) is 0.182. The van der Waals surface area contributed by atoms with Gasteiger partial charge in [0.1, 0.15) is 12.9 Å². The number of rotatable bonds is 10. The zero-order valence-electron chi connectivity index (χ0n) is 23.5. The fourth-order valence-corrected chi connectivity index (χ4v) is 4.86. The van der Waals surface area contributed by atoms with Gasteiger partial charge in [-0.2, -0.15) is 0 Å². The number of hydrogen-bond donors (Lipinski definition) is 0. The topological polar surface area (TPSA) is 74.7 Å². The summed E-state index contributed by atoms with van der Waals surface area (Å²) < 4.78 is 12.2. The number of aldehydes is 1. The highest BCUT2D eigenvalue weighted by atomic mass is 16.5. The molecule has 0 aromatic heterocycles. The third-order valence-corrected chi connectivity index (χ3v) is 6.86. The van der Waals surface area contributed by atoms with E-state index in [0.717, 1.165) is 34.5 Å². The molecule has 0 saturated carbocycles. The van der Waals surface area contributed by atoms with Gasteiger partial charge in [0.2, 0.25) is 0 Å². The van der Waals surface area contributed by atoms with Crippen LogP contribution in [0.5, 0.6) is 11.5 Å². The molecule has 0 spiro atoms. The molecule has 1 heterocycles. The zero-order valence-corrected chi connectivity index (χ0v) is 23.5. The van der Waals surface area contributed by atoms with Crippen LogP contribution in [0.3, 0.4) is 0 Å². The van der Waals surface area contributed by atoms with Crippen LogP contribution in [0, 0.1) is 0 Å². The van der Waals surface area contributed by atoms with E-state index in [0.29, 0.717) is 22.9 Å². The van der Waals surface area contributed by atoms with Crippen LogP contribution in [0.25, 0.3) is 0 Å². The van der Waals surface area contributed by atoms with Crippen LogP contribution in [0.2, 0.25) is 0 Å². The molecular weight excluding hydrogens is 516 g/mol. The average molecular weight is 549 g/mol. The Bertz CT molecular complexity index is 1570. The first-order chi connectivity index (χ1) is 19.9. The lowest BCUT2D eigenvalue weighted by molar-refractivity contribution is -0.111. The van der Waals surface area contributed by atoms with E-state index in [1.54, 1.807) is 19.2 Å². The molecule has 1 aliphatic rings. The number of anilines is 3. The predicted molar refractivity (Wildman–Crippen MR) is 162 cm³/mol. The molecule has 8 heteroatoms. The van der Waals surface area contributed by atoms with Crippen LogP contribution in [0.4, 0.5) is 17.1 Å². The molecule has 0 radical (unpaired) electrons. The first-order valence-electron chi connectivity index (χ1n) is 13.3. The van der Waals surface area contributed by atoms with E-state index in [4.69, 9.17) is 14.6 Å². The molecule has 4 aromatic rings.